The molecule has 146 valence electrons. The van der Waals surface area contributed by atoms with Gasteiger partial charge in [0.2, 0.25) is 0 Å². The summed E-state index contributed by atoms with van der Waals surface area (Å²) in [6, 6.07) is 9.63. The van der Waals surface area contributed by atoms with Gasteiger partial charge in [-0.05, 0) is 42.9 Å². The molecular weight excluding hydrogens is 441 g/mol. The lowest BCUT2D eigenvalue weighted by Gasteiger charge is -2.31. The number of hydrogen-bond donors (Lipinski definition) is 3. The second kappa shape index (κ2) is 8.57. The summed E-state index contributed by atoms with van der Waals surface area (Å²) >= 11 is 23.8. The summed E-state index contributed by atoms with van der Waals surface area (Å²) in [5, 5.41) is 10.6. The van der Waals surface area contributed by atoms with Crippen LogP contribution in [0, 0.1) is 0 Å². The van der Waals surface area contributed by atoms with Crippen LogP contribution in [0.2, 0.25) is 15.1 Å². The molecule has 0 radical (unpaired) electrons. The molecule has 2 aromatic carbocycles. The normalized spacial score (nSPS) is 16.3. The topological polar surface area (TPSA) is 62.4 Å². The van der Waals surface area contributed by atoms with E-state index in [1.807, 2.05) is 0 Å². The van der Waals surface area contributed by atoms with Crippen LogP contribution in [0.5, 0.6) is 5.75 Å². The van der Waals surface area contributed by atoms with Gasteiger partial charge in [-0.1, -0.05) is 46.9 Å². The highest BCUT2D eigenvalue weighted by atomic mass is 35.5. The zero-order valence-electron chi connectivity index (χ0n) is 14.9. The van der Waals surface area contributed by atoms with E-state index in [1.54, 1.807) is 43.3 Å². The van der Waals surface area contributed by atoms with Gasteiger partial charge < -0.3 is 20.7 Å². The fraction of sp³-hybridized carbons (Fsp3) is 0.158. The number of ether oxygens (including phenoxy) is 1. The van der Waals surface area contributed by atoms with Crippen LogP contribution < -0.4 is 20.7 Å². The maximum atomic E-state index is 13.2. The molecule has 0 fully saturated rings. The second-order valence-corrected chi connectivity index (χ2v) is 7.64. The van der Waals surface area contributed by atoms with E-state index < -0.39 is 6.04 Å². The Labute approximate surface area is 183 Å². The number of amides is 1. The first-order chi connectivity index (χ1) is 13.3. The minimum absolute atomic E-state index is 0.346. The predicted octanol–water partition coefficient (Wildman–Crippen LogP) is 5.09. The van der Waals surface area contributed by atoms with Crippen molar-refractivity contribution in [2.75, 3.05) is 12.4 Å². The number of nitrogens with one attached hydrogen (secondary N) is 3. The van der Waals surface area contributed by atoms with Crippen LogP contribution in [0.4, 0.5) is 5.69 Å². The number of anilines is 1. The van der Waals surface area contributed by atoms with Gasteiger partial charge in [0.15, 0.2) is 5.11 Å². The molecule has 1 heterocycles. The van der Waals surface area contributed by atoms with Crippen LogP contribution in [-0.4, -0.2) is 18.1 Å². The van der Waals surface area contributed by atoms with E-state index in [-0.39, 0.29) is 5.91 Å². The van der Waals surface area contributed by atoms with Crippen LogP contribution >= 0.6 is 47.0 Å². The van der Waals surface area contributed by atoms with Crippen LogP contribution in [-0.2, 0) is 4.79 Å². The monoisotopic (exact) mass is 455 g/mol. The number of carbonyl (C=O) groups is 1. The van der Waals surface area contributed by atoms with Crippen molar-refractivity contribution in [1.82, 2.24) is 10.6 Å². The highest BCUT2D eigenvalue weighted by molar-refractivity contribution is 7.80. The molecule has 1 atom stereocenters. The van der Waals surface area contributed by atoms with E-state index in [2.05, 4.69) is 16.0 Å². The van der Waals surface area contributed by atoms with E-state index in [0.29, 0.717) is 48.5 Å². The third-order valence-corrected chi connectivity index (χ3v) is 5.51. The lowest BCUT2D eigenvalue weighted by Crippen LogP contribution is -2.45. The van der Waals surface area contributed by atoms with Crippen molar-refractivity contribution in [3.05, 3.63) is 68.3 Å². The van der Waals surface area contributed by atoms with Gasteiger partial charge in [-0.3, -0.25) is 4.79 Å². The summed E-state index contributed by atoms with van der Waals surface area (Å²) in [7, 11) is 1.50. The Kier molecular flexibility index (Phi) is 6.35. The molecule has 0 aromatic heterocycles. The van der Waals surface area contributed by atoms with Crippen molar-refractivity contribution in [3.63, 3.8) is 0 Å². The molecule has 1 aliphatic heterocycles. The Bertz CT molecular complexity index is 994. The van der Waals surface area contributed by atoms with Crippen molar-refractivity contribution >= 4 is 63.7 Å². The third kappa shape index (κ3) is 4.20. The highest BCUT2D eigenvalue weighted by Gasteiger charge is 2.32. The smallest absolute Gasteiger partial charge is 0.255 e. The zero-order valence-corrected chi connectivity index (χ0v) is 18.0. The molecule has 0 spiro atoms. The molecule has 3 rings (SSSR count). The average Bonchev–Trinajstić information content (AvgIpc) is 2.64. The van der Waals surface area contributed by atoms with Crippen LogP contribution in [0.3, 0.4) is 0 Å². The molecular formula is C19H16Cl3N3O2S. The summed E-state index contributed by atoms with van der Waals surface area (Å²) < 4.78 is 5.30. The number of methoxy groups -OCH3 is 1. The van der Waals surface area contributed by atoms with Crippen molar-refractivity contribution in [1.29, 1.82) is 0 Å². The zero-order chi connectivity index (χ0) is 20.4. The largest absolute Gasteiger partial charge is 0.495 e. The molecule has 2 aromatic rings. The minimum Gasteiger partial charge on any atom is -0.495 e. The van der Waals surface area contributed by atoms with Gasteiger partial charge in [-0.25, -0.2) is 0 Å². The van der Waals surface area contributed by atoms with E-state index >= 15 is 0 Å². The van der Waals surface area contributed by atoms with E-state index in [1.165, 1.54) is 7.11 Å². The van der Waals surface area contributed by atoms with Crippen molar-refractivity contribution < 1.29 is 9.53 Å². The Morgan fingerprint density at radius 3 is 2.68 bits per heavy atom. The van der Waals surface area contributed by atoms with Gasteiger partial charge in [0.05, 0.1) is 34.5 Å². The summed E-state index contributed by atoms with van der Waals surface area (Å²) in [4.78, 5) is 13.2. The van der Waals surface area contributed by atoms with Gasteiger partial charge in [0.1, 0.15) is 5.75 Å². The van der Waals surface area contributed by atoms with Crippen molar-refractivity contribution in [3.8, 4) is 5.75 Å². The number of hydrogen-bond acceptors (Lipinski definition) is 3. The number of halogens is 3. The Balaban J connectivity index is 2.01. The third-order valence-electron chi connectivity index (χ3n) is 4.22. The quantitative estimate of drug-likeness (QED) is 0.560. The molecule has 1 aliphatic rings. The van der Waals surface area contributed by atoms with Gasteiger partial charge in [-0.15, -0.1) is 0 Å². The Morgan fingerprint density at radius 2 is 1.96 bits per heavy atom. The van der Waals surface area contributed by atoms with Crippen LogP contribution in [0.1, 0.15) is 18.5 Å². The molecule has 3 N–H and O–H groups in total. The number of allylic oxidation sites excluding steroid dienone is 1. The van der Waals surface area contributed by atoms with E-state index in [9.17, 15) is 4.79 Å². The first kappa shape index (κ1) is 20.7. The summed E-state index contributed by atoms with van der Waals surface area (Å²) in [6.07, 6.45) is 0. The molecule has 0 bridgehead atoms. The first-order valence-electron chi connectivity index (χ1n) is 8.19. The van der Waals surface area contributed by atoms with Crippen LogP contribution in [0.15, 0.2) is 47.7 Å². The number of rotatable bonds is 4. The highest BCUT2D eigenvalue weighted by Crippen LogP contribution is 2.36. The molecule has 9 heteroatoms. The Morgan fingerprint density at radius 1 is 1.21 bits per heavy atom. The maximum Gasteiger partial charge on any atom is 0.255 e. The molecule has 0 aliphatic carbocycles. The first-order valence-corrected chi connectivity index (χ1v) is 9.73. The SMILES string of the molecule is COc1cc(Cl)ccc1NC(=O)C1=C(C)NC(=S)NC1c1cccc(Cl)c1Cl. The predicted molar refractivity (Wildman–Crippen MR) is 117 cm³/mol. The van der Waals surface area contributed by atoms with Crippen LogP contribution in [0.25, 0.3) is 0 Å². The molecule has 1 unspecified atom stereocenters. The van der Waals surface area contributed by atoms with Crippen molar-refractivity contribution in [2.45, 2.75) is 13.0 Å². The number of thiocarbonyl (C=S) groups is 1. The van der Waals surface area contributed by atoms with Gasteiger partial charge in [0.25, 0.3) is 5.91 Å². The Hall–Kier alpha value is -1.99. The second-order valence-electron chi connectivity index (χ2n) is 6.01. The summed E-state index contributed by atoms with van der Waals surface area (Å²) in [5.41, 5.74) is 2.16. The summed E-state index contributed by atoms with van der Waals surface area (Å²) in [6.45, 7) is 1.77. The van der Waals surface area contributed by atoms with Crippen molar-refractivity contribution in [2.24, 2.45) is 0 Å². The van der Waals surface area contributed by atoms with Gasteiger partial charge in [0, 0.05) is 16.8 Å². The average molecular weight is 457 g/mol. The molecule has 1 amide bonds. The van der Waals surface area contributed by atoms with Gasteiger partial charge in [-0.2, -0.15) is 0 Å². The number of carbonyl (C=O) groups excluding carboxylic acids is 1. The minimum atomic E-state index is -0.571. The molecule has 5 nitrogen and oxygen atoms in total. The molecule has 28 heavy (non-hydrogen) atoms. The maximum absolute atomic E-state index is 13.2. The number of benzene rings is 2. The fourth-order valence-electron chi connectivity index (χ4n) is 2.93. The summed E-state index contributed by atoms with van der Waals surface area (Å²) in [5.74, 6) is 0.102. The van der Waals surface area contributed by atoms with E-state index in [4.69, 9.17) is 51.8 Å². The standard InChI is InChI=1S/C19H16Cl3N3O2S/c1-9-15(18(26)24-13-7-6-10(20)8-14(13)27-2)17(25-19(28)23-9)11-4-3-5-12(21)16(11)22/h3-8,17H,1-2H3,(H,24,26)(H2,23,25,28). The van der Waals surface area contributed by atoms with Gasteiger partial charge >= 0.3 is 0 Å². The van der Waals surface area contributed by atoms with E-state index in [0.717, 1.165) is 0 Å². The fourth-order valence-corrected chi connectivity index (χ4v) is 3.78. The lowest BCUT2D eigenvalue weighted by molar-refractivity contribution is -0.113. The lowest BCUT2D eigenvalue weighted by atomic mass is 9.94. The molecule has 0 saturated carbocycles. The molecule has 0 saturated heterocycles.